The summed E-state index contributed by atoms with van der Waals surface area (Å²) in [5, 5.41) is 7.14. The standard InChI is InChI=1S/C21H37N5O.HI/c1-15(2)26-13-16(3)19(14-26)24-21(22-4)23-12-20(25(5)6)17-8-10-18(27-7)11-9-17;/h8-11,15-16,19-20H,12-14H2,1-7H3,(H2,22,23,24);1H. The highest BCUT2D eigenvalue weighted by molar-refractivity contribution is 14.0. The lowest BCUT2D eigenvalue weighted by Crippen LogP contribution is -2.48. The van der Waals surface area contributed by atoms with Gasteiger partial charge in [0, 0.05) is 38.8 Å². The maximum absolute atomic E-state index is 5.27. The number of likely N-dealkylation sites (N-methyl/N-ethyl adjacent to an activating group) is 1. The van der Waals surface area contributed by atoms with Crippen molar-refractivity contribution in [2.24, 2.45) is 10.9 Å². The van der Waals surface area contributed by atoms with E-state index in [0.29, 0.717) is 18.0 Å². The minimum absolute atomic E-state index is 0. The highest BCUT2D eigenvalue weighted by Gasteiger charge is 2.31. The third-order valence-corrected chi connectivity index (χ3v) is 5.50. The highest BCUT2D eigenvalue weighted by Crippen LogP contribution is 2.21. The molecule has 2 N–H and O–H groups in total. The molecule has 1 saturated heterocycles. The first-order chi connectivity index (χ1) is 12.8. The molecule has 0 aliphatic carbocycles. The van der Waals surface area contributed by atoms with E-state index in [-0.39, 0.29) is 30.0 Å². The van der Waals surface area contributed by atoms with Crippen LogP contribution in [0.15, 0.2) is 29.3 Å². The van der Waals surface area contributed by atoms with E-state index >= 15 is 0 Å². The molecule has 1 aromatic carbocycles. The number of hydrogen-bond donors (Lipinski definition) is 2. The molecule has 6 nitrogen and oxygen atoms in total. The van der Waals surface area contributed by atoms with Gasteiger partial charge in [0.1, 0.15) is 5.75 Å². The fraction of sp³-hybridized carbons (Fsp3) is 0.667. The van der Waals surface area contributed by atoms with Crippen LogP contribution in [-0.4, -0.2) is 75.7 Å². The van der Waals surface area contributed by atoms with Crippen molar-refractivity contribution < 1.29 is 4.74 Å². The number of halogens is 1. The Morgan fingerprint density at radius 3 is 2.36 bits per heavy atom. The Bertz CT molecular complexity index is 605. The molecule has 0 spiro atoms. The van der Waals surface area contributed by atoms with Crippen LogP contribution in [0.4, 0.5) is 0 Å². The molecule has 0 radical (unpaired) electrons. The van der Waals surface area contributed by atoms with E-state index in [1.165, 1.54) is 5.56 Å². The van der Waals surface area contributed by atoms with E-state index in [0.717, 1.165) is 31.3 Å². The van der Waals surface area contributed by atoms with Crippen LogP contribution in [0.5, 0.6) is 5.75 Å². The second-order valence-electron chi connectivity index (χ2n) is 7.98. The van der Waals surface area contributed by atoms with Crippen LogP contribution in [0.1, 0.15) is 32.4 Å². The molecule has 0 amide bonds. The number of aliphatic imine (C=N–C) groups is 1. The van der Waals surface area contributed by atoms with Crippen LogP contribution in [0.2, 0.25) is 0 Å². The molecule has 0 bridgehead atoms. The minimum atomic E-state index is 0. The summed E-state index contributed by atoms with van der Waals surface area (Å²) in [5.74, 6) is 2.36. The number of hydrogen-bond acceptors (Lipinski definition) is 4. The van der Waals surface area contributed by atoms with E-state index in [2.05, 4.69) is 72.4 Å². The number of nitrogens with one attached hydrogen (secondary N) is 2. The average molecular weight is 503 g/mol. The van der Waals surface area contributed by atoms with Crippen LogP contribution >= 0.6 is 24.0 Å². The first-order valence-electron chi connectivity index (χ1n) is 9.87. The number of methoxy groups -OCH3 is 1. The molecule has 3 unspecified atom stereocenters. The third-order valence-electron chi connectivity index (χ3n) is 5.50. The number of likely N-dealkylation sites (tertiary alicyclic amines) is 1. The lowest BCUT2D eigenvalue weighted by Gasteiger charge is -2.27. The minimum Gasteiger partial charge on any atom is -0.497 e. The zero-order valence-electron chi connectivity index (χ0n) is 18.4. The first kappa shape index (κ1) is 25.0. The van der Waals surface area contributed by atoms with Gasteiger partial charge in [0.25, 0.3) is 0 Å². The van der Waals surface area contributed by atoms with Gasteiger partial charge >= 0.3 is 0 Å². The van der Waals surface area contributed by atoms with Gasteiger partial charge in [0.15, 0.2) is 5.96 Å². The quantitative estimate of drug-likeness (QED) is 0.341. The Hall–Kier alpha value is -1.06. The zero-order chi connectivity index (χ0) is 20.0. The molecular weight excluding hydrogens is 465 g/mol. The number of rotatable bonds is 7. The van der Waals surface area contributed by atoms with Gasteiger partial charge in [0.05, 0.1) is 13.2 Å². The fourth-order valence-corrected chi connectivity index (χ4v) is 3.60. The summed E-state index contributed by atoms with van der Waals surface area (Å²) in [4.78, 5) is 9.19. The molecule has 0 saturated carbocycles. The molecule has 0 aromatic heterocycles. The van der Waals surface area contributed by atoms with Crippen molar-refractivity contribution >= 4 is 29.9 Å². The Kier molecular flexibility index (Phi) is 10.5. The van der Waals surface area contributed by atoms with E-state index < -0.39 is 0 Å². The van der Waals surface area contributed by atoms with E-state index in [1.807, 2.05) is 19.2 Å². The molecule has 28 heavy (non-hydrogen) atoms. The summed E-state index contributed by atoms with van der Waals surface area (Å²) in [6, 6.07) is 9.54. The summed E-state index contributed by atoms with van der Waals surface area (Å²) in [6.45, 7) is 9.83. The molecule has 1 aromatic rings. The predicted octanol–water partition coefficient (Wildman–Crippen LogP) is 2.81. The highest BCUT2D eigenvalue weighted by atomic mass is 127. The van der Waals surface area contributed by atoms with Gasteiger partial charge in [-0.2, -0.15) is 0 Å². The number of ether oxygens (including phenoxy) is 1. The smallest absolute Gasteiger partial charge is 0.191 e. The molecule has 160 valence electrons. The van der Waals surface area contributed by atoms with Crippen LogP contribution in [0.25, 0.3) is 0 Å². The molecular formula is C21H38IN5O. The number of benzene rings is 1. The second kappa shape index (κ2) is 11.8. The molecule has 2 rings (SSSR count). The van der Waals surface area contributed by atoms with Crippen molar-refractivity contribution in [2.75, 3.05) is 47.9 Å². The van der Waals surface area contributed by atoms with Crippen molar-refractivity contribution in [2.45, 2.75) is 38.9 Å². The van der Waals surface area contributed by atoms with Gasteiger partial charge in [-0.15, -0.1) is 24.0 Å². The van der Waals surface area contributed by atoms with Crippen molar-refractivity contribution in [3.05, 3.63) is 29.8 Å². The van der Waals surface area contributed by atoms with Crippen LogP contribution in [0.3, 0.4) is 0 Å². The topological polar surface area (TPSA) is 52.1 Å². The largest absolute Gasteiger partial charge is 0.497 e. The van der Waals surface area contributed by atoms with E-state index in [1.54, 1.807) is 7.11 Å². The molecule has 1 aliphatic rings. The predicted molar refractivity (Wildman–Crippen MR) is 129 cm³/mol. The summed E-state index contributed by atoms with van der Waals surface area (Å²) >= 11 is 0. The van der Waals surface area contributed by atoms with Crippen molar-refractivity contribution in [1.82, 2.24) is 20.4 Å². The maximum Gasteiger partial charge on any atom is 0.191 e. The molecule has 1 fully saturated rings. The lowest BCUT2D eigenvalue weighted by molar-refractivity contribution is 0.265. The Morgan fingerprint density at radius 2 is 1.89 bits per heavy atom. The van der Waals surface area contributed by atoms with Gasteiger partial charge in [-0.05, 0) is 51.6 Å². The molecule has 1 heterocycles. The monoisotopic (exact) mass is 503 g/mol. The van der Waals surface area contributed by atoms with Crippen molar-refractivity contribution in [3.8, 4) is 5.75 Å². The van der Waals surface area contributed by atoms with Gasteiger partial charge in [-0.25, -0.2) is 0 Å². The Balaban J connectivity index is 0.00000392. The lowest BCUT2D eigenvalue weighted by atomic mass is 10.1. The van der Waals surface area contributed by atoms with Crippen molar-refractivity contribution in [1.29, 1.82) is 0 Å². The maximum atomic E-state index is 5.27. The number of nitrogens with zero attached hydrogens (tertiary/aromatic N) is 3. The van der Waals surface area contributed by atoms with Crippen molar-refractivity contribution in [3.63, 3.8) is 0 Å². The van der Waals surface area contributed by atoms with Crippen LogP contribution in [-0.2, 0) is 0 Å². The normalized spacial score (nSPS) is 21.5. The Morgan fingerprint density at radius 1 is 1.25 bits per heavy atom. The van der Waals surface area contributed by atoms with Gasteiger partial charge in [-0.1, -0.05) is 19.1 Å². The second-order valence-corrected chi connectivity index (χ2v) is 7.98. The zero-order valence-corrected chi connectivity index (χ0v) is 20.7. The molecule has 7 heteroatoms. The van der Waals surface area contributed by atoms with E-state index in [9.17, 15) is 0 Å². The van der Waals surface area contributed by atoms with Gasteiger partial charge < -0.3 is 20.3 Å². The van der Waals surface area contributed by atoms with Gasteiger partial charge in [0.2, 0.25) is 0 Å². The summed E-state index contributed by atoms with van der Waals surface area (Å²) < 4.78 is 5.27. The SMILES string of the molecule is CN=C(NCC(c1ccc(OC)cc1)N(C)C)NC1CN(C(C)C)CC1C.I. The van der Waals surface area contributed by atoms with E-state index in [4.69, 9.17) is 4.74 Å². The molecule has 3 atom stereocenters. The average Bonchev–Trinajstić information content (AvgIpc) is 3.02. The summed E-state index contributed by atoms with van der Waals surface area (Å²) in [6.07, 6.45) is 0. The van der Waals surface area contributed by atoms with Crippen LogP contribution in [0, 0.1) is 5.92 Å². The first-order valence-corrected chi connectivity index (χ1v) is 9.87. The number of guanidine groups is 1. The Labute approximate surface area is 188 Å². The summed E-state index contributed by atoms with van der Waals surface area (Å²) in [5.41, 5.74) is 1.25. The molecule has 1 aliphatic heterocycles. The summed E-state index contributed by atoms with van der Waals surface area (Å²) in [7, 11) is 7.74. The van der Waals surface area contributed by atoms with Gasteiger partial charge in [-0.3, -0.25) is 9.89 Å². The third kappa shape index (κ3) is 6.77. The fourth-order valence-electron chi connectivity index (χ4n) is 3.60. The van der Waals surface area contributed by atoms with Crippen LogP contribution < -0.4 is 15.4 Å².